The summed E-state index contributed by atoms with van der Waals surface area (Å²) in [6, 6.07) is 7.78. The minimum absolute atomic E-state index is 0.00138. The van der Waals surface area contributed by atoms with Crippen LogP contribution in [0.1, 0.15) is 59.2 Å². The third-order valence-electron chi connectivity index (χ3n) is 6.67. The molecule has 8 heteroatoms. The van der Waals surface area contributed by atoms with Crippen LogP contribution >= 0.6 is 0 Å². The van der Waals surface area contributed by atoms with Gasteiger partial charge in [0.1, 0.15) is 5.75 Å². The zero-order valence-electron chi connectivity index (χ0n) is 19.5. The molecule has 0 spiro atoms. The first-order valence-electron chi connectivity index (χ1n) is 11.6. The Morgan fingerprint density at radius 2 is 2.06 bits per heavy atom. The number of aryl methyl sites for hydroxylation is 1. The fourth-order valence-electron chi connectivity index (χ4n) is 4.96. The van der Waals surface area contributed by atoms with Crippen LogP contribution in [-0.2, 0) is 12.8 Å². The highest BCUT2D eigenvalue weighted by atomic mass is 16.5. The topological polar surface area (TPSA) is 87.2 Å². The summed E-state index contributed by atoms with van der Waals surface area (Å²) in [6.45, 7) is 0.698. The van der Waals surface area contributed by atoms with E-state index >= 15 is 0 Å². The maximum atomic E-state index is 13.7. The van der Waals surface area contributed by atoms with E-state index in [4.69, 9.17) is 9.72 Å². The van der Waals surface area contributed by atoms with Crippen LogP contribution in [0.3, 0.4) is 0 Å². The Morgan fingerprint density at radius 3 is 2.88 bits per heavy atom. The standard InChI is InChI=1S/C25H30N6O2/c1-30(2)25-26-15-19(16-8-6-9-17(14-16)33-3)22(27-25)21-12-7-13-31(21)24(32)23-18-10-4-5-11-20(18)28-29-23/h6,8-9,14-15,21H,4-5,7,10-13H2,1-3H3,(H,28,29). The van der Waals surface area contributed by atoms with E-state index < -0.39 is 0 Å². The first kappa shape index (κ1) is 21.4. The van der Waals surface area contributed by atoms with Gasteiger partial charge < -0.3 is 14.5 Å². The first-order chi connectivity index (χ1) is 16.1. The lowest BCUT2D eigenvalue weighted by Gasteiger charge is -2.27. The van der Waals surface area contributed by atoms with Crippen LogP contribution in [0.25, 0.3) is 11.1 Å². The fourth-order valence-corrected chi connectivity index (χ4v) is 4.96. The van der Waals surface area contributed by atoms with E-state index in [2.05, 4.69) is 15.2 Å². The van der Waals surface area contributed by atoms with Gasteiger partial charge in [0.25, 0.3) is 5.91 Å². The van der Waals surface area contributed by atoms with Gasteiger partial charge in [-0.15, -0.1) is 0 Å². The second-order valence-corrected chi connectivity index (χ2v) is 8.99. The molecule has 0 bridgehead atoms. The van der Waals surface area contributed by atoms with Crippen molar-refractivity contribution in [3.63, 3.8) is 0 Å². The van der Waals surface area contributed by atoms with Crippen LogP contribution in [-0.4, -0.2) is 58.7 Å². The van der Waals surface area contributed by atoms with Crippen LogP contribution in [0.15, 0.2) is 30.5 Å². The predicted molar refractivity (Wildman–Crippen MR) is 127 cm³/mol. The largest absolute Gasteiger partial charge is 0.497 e. The van der Waals surface area contributed by atoms with Gasteiger partial charge in [0.2, 0.25) is 5.95 Å². The number of benzene rings is 1. The SMILES string of the molecule is COc1cccc(-c2cnc(N(C)C)nc2C2CCCN2C(=O)c2n[nH]c3c2CCCC3)c1. The lowest BCUT2D eigenvalue weighted by Crippen LogP contribution is -2.32. The number of H-pyrrole nitrogens is 1. The van der Waals surface area contributed by atoms with Gasteiger partial charge in [0.05, 0.1) is 18.8 Å². The van der Waals surface area contributed by atoms with E-state index in [9.17, 15) is 4.79 Å². The smallest absolute Gasteiger partial charge is 0.275 e. The van der Waals surface area contributed by atoms with Crippen molar-refractivity contribution in [3.05, 3.63) is 53.1 Å². The normalized spacial score (nSPS) is 17.7. The fraction of sp³-hybridized carbons (Fsp3) is 0.440. The molecule has 33 heavy (non-hydrogen) atoms. The highest BCUT2D eigenvalue weighted by Gasteiger charge is 2.36. The highest BCUT2D eigenvalue weighted by molar-refractivity contribution is 5.94. The van der Waals surface area contributed by atoms with Gasteiger partial charge in [0, 0.05) is 43.7 Å². The quantitative estimate of drug-likeness (QED) is 0.642. The van der Waals surface area contributed by atoms with E-state index in [0.717, 1.165) is 72.4 Å². The van der Waals surface area contributed by atoms with Crippen molar-refractivity contribution in [2.45, 2.75) is 44.6 Å². The number of hydrogen-bond acceptors (Lipinski definition) is 6. The Bertz CT molecular complexity index is 1170. The molecule has 3 heterocycles. The van der Waals surface area contributed by atoms with E-state index in [1.807, 2.05) is 54.4 Å². The molecular formula is C25H30N6O2. The number of anilines is 1. The summed E-state index contributed by atoms with van der Waals surface area (Å²) in [7, 11) is 5.52. The minimum Gasteiger partial charge on any atom is -0.497 e. The Kier molecular flexibility index (Phi) is 5.74. The lowest BCUT2D eigenvalue weighted by atomic mass is 9.95. The second kappa shape index (κ2) is 8.84. The van der Waals surface area contributed by atoms with Gasteiger partial charge >= 0.3 is 0 Å². The third-order valence-corrected chi connectivity index (χ3v) is 6.67. The number of amides is 1. The van der Waals surface area contributed by atoms with Crippen LogP contribution in [0.4, 0.5) is 5.95 Å². The molecule has 1 unspecified atom stereocenters. The number of aromatic nitrogens is 4. The van der Waals surface area contributed by atoms with E-state index in [1.54, 1.807) is 7.11 Å². The summed E-state index contributed by atoms with van der Waals surface area (Å²) in [6.07, 6.45) is 7.79. The van der Waals surface area contributed by atoms with Crippen molar-refractivity contribution >= 4 is 11.9 Å². The van der Waals surface area contributed by atoms with Crippen LogP contribution in [0, 0.1) is 0 Å². The number of carbonyl (C=O) groups excluding carboxylic acids is 1. The Balaban J connectivity index is 1.56. The number of aromatic amines is 1. The van der Waals surface area contributed by atoms with Crippen LogP contribution < -0.4 is 9.64 Å². The Labute approximate surface area is 194 Å². The number of likely N-dealkylation sites (tertiary alicyclic amines) is 1. The molecule has 8 nitrogen and oxygen atoms in total. The van der Waals surface area contributed by atoms with Gasteiger partial charge in [-0.1, -0.05) is 12.1 Å². The molecule has 0 saturated carbocycles. The zero-order chi connectivity index (χ0) is 22.9. The van der Waals surface area contributed by atoms with E-state index in [-0.39, 0.29) is 11.9 Å². The predicted octanol–water partition coefficient (Wildman–Crippen LogP) is 3.80. The molecule has 2 aliphatic rings. The number of hydrogen-bond donors (Lipinski definition) is 1. The average molecular weight is 447 g/mol. The number of ether oxygens (including phenoxy) is 1. The molecule has 1 amide bonds. The third kappa shape index (κ3) is 3.94. The van der Waals surface area contributed by atoms with E-state index in [1.165, 1.54) is 0 Å². The molecule has 1 fully saturated rings. The highest BCUT2D eigenvalue weighted by Crippen LogP contribution is 2.39. The number of nitrogens with one attached hydrogen (secondary N) is 1. The molecule has 1 N–H and O–H groups in total. The van der Waals surface area contributed by atoms with Crippen molar-refractivity contribution in [2.24, 2.45) is 0 Å². The zero-order valence-corrected chi connectivity index (χ0v) is 19.5. The molecule has 0 radical (unpaired) electrons. The van der Waals surface area contributed by atoms with Gasteiger partial charge in [-0.3, -0.25) is 9.89 Å². The molecule has 2 aromatic heterocycles. The van der Waals surface area contributed by atoms with Gasteiger partial charge in [-0.2, -0.15) is 5.10 Å². The maximum absolute atomic E-state index is 13.7. The molecule has 3 aromatic rings. The lowest BCUT2D eigenvalue weighted by molar-refractivity contribution is 0.0726. The van der Waals surface area contributed by atoms with Crippen LogP contribution in [0.5, 0.6) is 5.75 Å². The summed E-state index contributed by atoms with van der Waals surface area (Å²) in [5.74, 6) is 1.41. The number of methoxy groups -OCH3 is 1. The number of nitrogens with zero attached hydrogens (tertiary/aromatic N) is 5. The number of carbonyl (C=O) groups is 1. The average Bonchev–Trinajstić information content (AvgIpc) is 3.51. The summed E-state index contributed by atoms with van der Waals surface area (Å²) in [5, 5.41) is 7.56. The van der Waals surface area contributed by atoms with Gasteiger partial charge in [-0.25, -0.2) is 9.97 Å². The molecule has 1 aromatic carbocycles. The van der Waals surface area contributed by atoms with Crippen molar-refractivity contribution in [2.75, 3.05) is 32.6 Å². The van der Waals surface area contributed by atoms with E-state index in [0.29, 0.717) is 18.2 Å². The van der Waals surface area contributed by atoms with Crippen molar-refractivity contribution in [1.82, 2.24) is 25.1 Å². The monoisotopic (exact) mass is 446 g/mol. The van der Waals surface area contributed by atoms with Crippen LogP contribution in [0.2, 0.25) is 0 Å². The van der Waals surface area contributed by atoms with Gasteiger partial charge in [-0.05, 0) is 56.2 Å². The summed E-state index contributed by atoms with van der Waals surface area (Å²) < 4.78 is 5.44. The molecule has 1 saturated heterocycles. The van der Waals surface area contributed by atoms with Crippen molar-refractivity contribution < 1.29 is 9.53 Å². The first-order valence-corrected chi connectivity index (χ1v) is 11.6. The summed E-state index contributed by atoms with van der Waals surface area (Å²) >= 11 is 0. The molecule has 1 atom stereocenters. The molecule has 1 aliphatic heterocycles. The Hall–Kier alpha value is -3.42. The molecule has 5 rings (SSSR count). The number of rotatable bonds is 5. The van der Waals surface area contributed by atoms with Crippen molar-refractivity contribution in [1.29, 1.82) is 0 Å². The minimum atomic E-state index is -0.128. The van der Waals surface area contributed by atoms with Crippen molar-refractivity contribution in [3.8, 4) is 16.9 Å². The molecular weight excluding hydrogens is 416 g/mol. The number of fused-ring (bicyclic) bond motifs is 1. The summed E-state index contributed by atoms with van der Waals surface area (Å²) in [5.41, 5.74) is 5.58. The molecule has 1 aliphatic carbocycles. The Morgan fingerprint density at radius 1 is 1.21 bits per heavy atom. The maximum Gasteiger partial charge on any atom is 0.275 e. The summed E-state index contributed by atoms with van der Waals surface area (Å²) in [4.78, 5) is 27.1. The molecule has 172 valence electrons. The second-order valence-electron chi connectivity index (χ2n) is 8.99. The van der Waals surface area contributed by atoms with Gasteiger partial charge in [0.15, 0.2) is 5.69 Å².